The SMILES string of the molecule is COC(=O)c1ccc(CNCC2CCCCS2)o1. The fourth-order valence-electron chi connectivity index (χ4n) is 2.01. The highest BCUT2D eigenvalue weighted by atomic mass is 32.2. The van der Waals surface area contributed by atoms with Gasteiger partial charge in [-0.25, -0.2) is 4.79 Å². The fourth-order valence-corrected chi connectivity index (χ4v) is 3.28. The molecule has 0 aliphatic carbocycles. The van der Waals surface area contributed by atoms with Crippen LogP contribution in [-0.4, -0.2) is 30.6 Å². The molecule has 0 bridgehead atoms. The first-order valence-corrected chi connectivity index (χ1v) is 7.34. The molecule has 100 valence electrons. The number of hydrogen-bond donors (Lipinski definition) is 1. The van der Waals surface area contributed by atoms with Crippen molar-refractivity contribution in [2.45, 2.75) is 31.1 Å². The molecule has 1 saturated heterocycles. The zero-order valence-electron chi connectivity index (χ0n) is 10.6. The van der Waals surface area contributed by atoms with E-state index in [1.807, 2.05) is 17.8 Å². The average Bonchev–Trinajstić information content (AvgIpc) is 2.88. The second-order valence-corrected chi connectivity index (χ2v) is 5.79. The molecule has 1 aromatic rings. The number of carbonyl (C=O) groups is 1. The molecule has 0 saturated carbocycles. The van der Waals surface area contributed by atoms with Crippen molar-refractivity contribution in [3.05, 3.63) is 23.7 Å². The van der Waals surface area contributed by atoms with Gasteiger partial charge in [-0.3, -0.25) is 0 Å². The lowest BCUT2D eigenvalue weighted by Gasteiger charge is -2.21. The smallest absolute Gasteiger partial charge is 0.373 e. The Balaban J connectivity index is 1.72. The maximum atomic E-state index is 11.2. The van der Waals surface area contributed by atoms with E-state index in [2.05, 4.69) is 10.1 Å². The normalized spacial score (nSPS) is 19.7. The molecule has 1 aromatic heterocycles. The molecule has 0 aromatic carbocycles. The third-order valence-electron chi connectivity index (χ3n) is 2.99. The van der Waals surface area contributed by atoms with Crippen LogP contribution in [0.5, 0.6) is 0 Å². The van der Waals surface area contributed by atoms with E-state index in [4.69, 9.17) is 4.42 Å². The summed E-state index contributed by atoms with van der Waals surface area (Å²) in [7, 11) is 1.35. The summed E-state index contributed by atoms with van der Waals surface area (Å²) < 4.78 is 9.97. The largest absolute Gasteiger partial charge is 0.463 e. The molecule has 1 unspecified atom stereocenters. The first kappa shape index (κ1) is 13.5. The predicted molar refractivity (Wildman–Crippen MR) is 71.9 cm³/mol. The van der Waals surface area contributed by atoms with Crippen molar-refractivity contribution in [2.75, 3.05) is 19.4 Å². The molecule has 1 N–H and O–H groups in total. The summed E-state index contributed by atoms with van der Waals surface area (Å²) in [5, 5.41) is 4.09. The number of ether oxygens (including phenoxy) is 1. The van der Waals surface area contributed by atoms with Crippen LogP contribution in [0.4, 0.5) is 0 Å². The highest BCUT2D eigenvalue weighted by molar-refractivity contribution is 7.99. The first-order valence-electron chi connectivity index (χ1n) is 6.29. The van der Waals surface area contributed by atoms with Gasteiger partial charge in [-0.1, -0.05) is 6.42 Å². The van der Waals surface area contributed by atoms with Crippen molar-refractivity contribution in [2.24, 2.45) is 0 Å². The van der Waals surface area contributed by atoms with E-state index in [1.165, 1.54) is 32.1 Å². The third kappa shape index (κ3) is 3.78. The summed E-state index contributed by atoms with van der Waals surface area (Å²) in [4.78, 5) is 11.2. The monoisotopic (exact) mass is 269 g/mol. The van der Waals surface area contributed by atoms with Crippen molar-refractivity contribution in [3.63, 3.8) is 0 Å². The van der Waals surface area contributed by atoms with Gasteiger partial charge in [0.2, 0.25) is 5.76 Å². The Morgan fingerprint density at radius 1 is 1.56 bits per heavy atom. The Kier molecular flexibility index (Phi) is 5.13. The molecule has 1 fully saturated rings. The number of esters is 1. The first-order chi connectivity index (χ1) is 8.79. The van der Waals surface area contributed by atoms with Crippen LogP contribution in [0.1, 0.15) is 35.6 Å². The lowest BCUT2D eigenvalue weighted by Crippen LogP contribution is -2.26. The quantitative estimate of drug-likeness (QED) is 0.832. The lowest BCUT2D eigenvalue weighted by molar-refractivity contribution is 0.0563. The van der Waals surface area contributed by atoms with E-state index in [-0.39, 0.29) is 5.76 Å². The molecule has 0 amide bonds. The second kappa shape index (κ2) is 6.85. The molecule has 4 nitrogen and oxygen atoms in total. The summed E-state index contributed by atoms with van der Waals surface area (Å²) in [6, 6.07) is 3.46. The van der Waals surface area contributed by atoms with Crippen LogP contribution < -0.4 is 5.32 Å². The number of hydrogen-bond acceptors (Lipinski definition) is 5. The highest BCUT2D eigenvalue weighted by Crippen LogP contribution is 2.24. The van der Waals surface area contributed by atoms with Crippen molar-refractivity contribution >= 4 is 17.7 Å². The standard InChI is InChI=1S/C13H19NO3S/c1-16-13(15)12-6-5-10(17-12)8-14-9-11-4-2-3-7-18-11/h5-6,11,14H,2-4,7-9H2,1H3. The molecule has 0 spiro atoms. The van der Waals surface area contributed by atoms with Crippen LogP contribution >= 0.6 is 11.8 Å². The zero-order chi connectivity index (χ0) is 12.8. The van der Waals surface area contributed by atoms with Gasteiger partial charge < -0.3 is 14.5 Å². The maximum Gasteiger partial charge on any atom is 0.373 e. The molecular formula is C13H19NO3S. The highest BCUT2D eigenvalue weighted by Gasteiger charge is 2.14. The van der Waals surface area contributed by atoms with Gasteiger partial charge in [0.1, 0.15) is 5.76 Å². The molecule has 2 rings (SSSR count). The van der Waals surface area contributed by atoms with Crippen molar-refractivity contribution in [3.8, 4) is 0 Å². The van der Waals surface area contributed by atoms with Gasteiger partial charge in [0, 0.05) is 11.8 Å². The van der Waals surface area contributed by atoms with E-state index in [0.29, 0.717) is 11.8 Å². The Morgan fingerprint density at radius 2 is 2.44 bits per heavy atom. The van der Waals surface area contributed by atoms with Gasteiger partial charge in [0.25, 0.3) is 0 Å². The van der Waals surface area contributed by atoms with Crippen LogP contribution in [0.25, 0.3) is 0 Å². The zero-order valence-corrected chi connectivity index (χ0v) is 11.4. The summed E-state index contributed by atoms with van der Waals surface area (Å²) in [5.74, 6) is 1.89. The molecule has 5 heteroatoms. The lowest BCUT2D eigenvalue weighted by atomic mass is 10.2. The van der Waals surface area contributed by atoms with Crippen LogP contribution in [0.15, 0.2) is 16.5 Å². The number of rotatable bonds is 5. The molecule has 1 aliphatic heterocycles. The summed E-state index contributed by atoms with van der Waals surface area (Å²) in [5.41, 5.74) is 0. The van der Waals surface area contributed by atoms with Gasteiger partial charge in [0.05, 0.1) is 13.7 Å². The predicted octanol–water partition coefficient (Wildman–Crippen LogP) is 2.44. The Hall–Kier alpha value is -0.940. The molecule has 2 heterocycles. The van der Waals surface area contributed by atoms with Gasteiger partial charge in [-0.2, -0.15) is 11.8 Å². The molecule has 18 heavy (non-hydrogen) atoms. The Bertz CT molecular complexity index is 385. The van der Waals surface area contributed by atoms with Gasteiger partial charge in [0.15, 0.2) is 0 Å². The second-order valence-electron chi connectivity index (χ2n) is 4.38. The summed E-state index contributed by atoms with van der Waals surface area (Å²) in [6.07, 6.45) is 3.98. The van der Waals surface area contributed by atoms with Crippen LogP contribution in [0.3, 0.4) is 0 Å². The van der Waals surface area contributed by atoms with E-state index < -0.39 is 5.97 Å². The Labute approximate surface area is 111 Å². The molecule has 1 aliphatic rings. The number of thioether (sulfide) groups is 1. The fraction of sp³-hybridized carbons (Fsp3) is 0.615. The summed E-state index contributed by atoms with van der Waals surface area (Å²) in [6.45, 7) is 1.66. The van der Waals surface area contributed by atoms with Crippen molar-refractivity contribution in [1.82, 2.24) is 5.32 Å². The number of nitrogens with one attached hydrogen (secondary N) is 1. The van der Waals surface area contributed by atoms with E-state index >= 15 is 0 Å². The number of furan rings is 1. The molecule has 1 atom stereocenters. The van der Waals surface area contributed by atoms with Crippen molar-refractivity contribution < 1.29 is 13.9 Å². The number of methoxy groups -OCH3 is 1. The van der Waals surface area contributed by atoms with Crippen LogP contribution in [0, 0.1) is 0 Å². The summed E-state index contributed by atoms with van der Waals surface area (Å²) >= 11 is 2.04. The van der Waals surface area contributed by atoms with Gasteiger partial charge in [-0.15, -0.1) is 0 Å². The minimum Gasteiger partial charge on any atom is -0.463 e. The average molecular weight is 269 g/mol. The van der Waals surface area contributed by atoms with Gasteiger partial charge >= 0.3 is 5.97 Å². The van der Waals surface area contributed by atoms with E-state index in [0.717, 1.165) is 12.3 Å². The van der Waals surface area contributed by atoms with Crippen LogP contribution in [-0.2, 0) is 11.3 Å². The maximum absolute atomic E-state index is 11.2. The molecular weight excluding hydrogens is 250 g/mol. The molecule has 0 radical (unpaired) electrons. The topological polar surface area (TPSA) is 51.5 Å². The minimum atomic E-state index is -0.427. The minimum absolute atomic E-state index is 0.265. The van der Waals surface area contributed by atoms with Crippen molar-refractivity contribution in [1.29, 1.82) is 0 Å². The Morgan fingerprint density at radius 3 is 3.17 bits per heavy atom. The van der Waals surface area contributed by atoms with Crippen LogP contribution in [0.2, 0.25) is 0 Å². The van der Waals surface area contributed by atoms with E-state index in [9.17, 15) is 4.79 Å². The van der Waals surface area contributed by atoms with E-state index in [1.54, 1.807) is 6.07 Å². The number of carbonyl (C=O) groups excluding carboxylic acids is 1. The van der Waals surface area contributed by atoms with Gasteiger partial charge in [-0.05, 0) is 30.7 Å². The third-order valence-corrected chi connectivity index (χ3v) is 4.39.